The van der Waals surface area contributed by atoms with E-state index in [4.69, 9.17) is 23.5 Å². The van der Waals surface area contributed by atoms with E-state index in [1.807, 2.05) is 6.92 Å². The number of hydrogen-bond donors (Lipinski definition) is 4. The topological polar surface area (TPSA) is 98.0 Å². The third-order valence-electron chi connectivity index (χ3n) is 0.833. The molecule has 0 fully saturated rings. The molecule has 0 radical (unpaired) electrons. The summed E-state index contributed by atoms with van der Waals surface area (Å²) in [5.41, 5.74) is 0. The molecule has 0 saturated heterocycles. The number of rotatable bonds is 3. The number of aliphatic hydroxyl groups is 2. The van der Waals surface area contributed by atoms with Gasteiger partial charge < -0.3 is 10.2 Å². The molecule has 0 aliphatic heterocycles. The summed E-state index contributed by atoms with van der Waals surface area (Å²) < 4.78 is 22.8. The van der Waals surface area contributed by atoms with E-state index >= 15 is 0 Å². The highest BCUT2D eigenvalue weighted by molar-refractivity contribution is 7.73. The van der Waals surface area contributed by atoms with Crippen LogP contribution in [0.25, 0.3) is 0 Å². The van der Waals surface area contributed by atoms with E-state index in [-0.39, 0.29) is 6.61 Å². The van der Waals surface area contributed by atoms with E-state index in [0.29, 0.717) is 6.42 Å². The van der Waals surface area contributed by atoms with E-state index < -0.39 is 17.5 Å². The molecule has 70 valence electrons. The molecule has 0 aromatic heterocycles. The van der Waals surface area contributed by atoms with Crippen LogP contribution in [-0.2, 0) is 11.4 Å². The number of aliphatic hydroxyl groups excluding tert-OH is 2. The second-order valence-electron chi connectivity index (χ2n) is 1.86. The quantitative estimate of drug-likeness (QED) is 0.458. The van der Waals surface area contributed by atoms with Gasteiger partial charge in [-0.3, -0.25) is 9.11 Å². The highest BCUT2D eigenvalue weighted by Gasteiger charge is 1.95. The highest BCUT2D eigenvalue weighted by atomic mass is 32.2. The number of hydrogen-bond acceptors (Lipinski definition) is 3. The molecule has 0 aromatic carbocycles. The smallest absolute Gasteiger partial charge is 0.299 e. The monoisotopic (exact) mass is 186 g/mol. The van der Waals surface area contributed by atoms with Crippen molar-refractivity contribution in [2.24, 2.45) is 0 Å². The summed E-state index contributed by atoms with van der Waals surface area (Å²) in [5, 5.41) is 16.8. The summed E-state index contributed by atoms with van der Waals surface area (Å²) in [6.07, 6.45) is 1.14. The van der Waals surface area contributed by atoms with E-state index in [9.17, 15) is 0 Å². The summed E-state index contributed by atoms with van der Waals surface area (Å²) in [5.74, 6) is 0. The second kappa shape index (κ2) is 9.99. The van der Waals surface area contributed by atoms with Crippen molar-refractivity contribution in [1.82, 2.24) is 0 Å². The van der Waals surface area contributed by atoms with Crippen LogP contribution in [0.3, 0.4) is 0 Å². The van der Waals surface area contributed by atoms with Gasteiger partial charge in [-0.2, -0.15) is 4.21 Å². The average molecular weight is 186 g/mol. The first-order valence-corrected chi connectivity index (χ1v) is 4.19. The van der Waals surface area contributed by atoms with Crippen molar-refractivity contribution in [3.63, 3.8) is 0 Å². The van der Waals surface area contributed by atoms with Gasteiger partial charge in [0.1, 0.15) is 0 Å². The van der Waals surface area contributed by atoms with Crippen LogP contribution in [0.5, 0.6) is 0 Å². The van der Waals surface area contributed by atoms with Crippen molar-refractivity contribution < 1.29 is 23.5 Å². The zero-order valence-electron chi connectivity index (χ0n) is 6.30. The van der Waals surface area contributed by atoms with Crippen LogP contribution < -0.4 is 0 Å². The molecule has 0 saturated carbocycles. The normalized spacial score (nSPS) is 12.2. The minimum absolute atomic E-state index is 0.103. The molecule has 0 bridgehead atoms. The van der Waals surface area contributed by atoms with Gasteiger partial charge in [-0.25, -0.2) is 0 Å². The molecular formula is C5H14O5S. The van der Waals surface area contributed by atoms with Gasteiger partial charge in [0, 0.05) is 0 Å². The van der Waals surface area contributed by atoms with Crippen molar-refractivity contribution in [1.29, 1.82) is 0 Å². The van der Waals surface area contributed by atoms with Crippen molar-refractivity contribution in [3.8, 4) is 0 Å². The van der Waals surface area contributed by atoms with Gasteiger partial charge in [-0.1, -0.05) is 13.3 Å². The van der Waals surface area contributed by atoms with Crippen LogP contribution in [0.1, 0.15) is 19.8 Å². The lowest BCUT2D eigenvalue weighted by Gasteiger charge is -2.01. The fraction of sp³-hybridized carbons (Fsp3) is 1.00. The van der Waals surface area contributed by atoms with Crippen LogP contribution in [0.4, 0.5) is 0 Å². The van der Waals surface area contributed by atoms with Crippen LogP contribution in [-0.4, -0.2) is 36.2 Å². The first kappa shape index (κ1) is 13.6. The third kappa shape index (κ3) is 25.6. The van der Waals surface area contributed by atoms with Crippen LogP contribution in [0.2, 0.25) is 0 Å². The molecule has 0 amide bonds. The average Bonchev–Trinajstić information content (AvgIpc) is 1.87. The first-order chi connectivity index (χ1) is 5.04. The summed E-state index contributed by atoms with van der Waals surface area (Å²) in [4.78, 5) is 0. The molecule has 0 aliphatic carbocycles. The fourth-order valence-corrected chi connectivity index (χ4v) is 0.425. The molecule has 0 heterocycles. The minimum Gasteiger partial charge on any atom is -0.394 e. The van der Waals surface area contributed by atoms with E-state index in [1.165, 1.54) is 0 Å². The Kier molecular flexibility index (Phi) is 12.3. The van der Waals surface area contributed by atoms with Gasteiger partial charge in [0.05, 0.1) is 12.7 Å². The Bertz CT molecular complexity index is 92.9. The summed E-state index contributed by atoms with van der Waals surface area (Å²) in [7, 11) is 0. The van der Waals surface area contributed by atoms with Crippen LogP contribution >= 0.6 is 0 Å². The lowest BCUT2D eigenvalue weighted by atomic mass is 10.2. The second-order valence-corrected chi connectivity index (χ2v) is 2.32. The maximum atomic E-state index is 8.67. The molecule has 0 aliphatic rings. The highest BCUT2D eigenvalue weighted by Crippen LogP contribution is 1.92. The predicted molar refractivity (Wildman–Crippen MR) is 41.4 cm³/mol. The molecule has 4 N–H and O–H groups in total. The Morgan fingerprint density at radius 2 is 1.82 bits per heavy atom. The summed E-state index contributed by atoms with van der Waals surface area (Å²) in [6, 6.07) is 0. The Morgan fingerprint density at radius 3 is 1.91 bits per heavy atom. The van der Waals surface area contributed by atoms with E-state index in [0.717, 1.165) is 6.42 Å². The molecule has 0 aromatic rings. The predicted octanol–water partition coefficient (Wildman–Crippen LogP) is -0.179. The third-order valence-corrected chi connectivity index (χ3v) is 0.833. The van der Waals surface area contributed by atoms with Gasteiger partial charge >= 0.3 is 0 Å². The zero-order valence-corrected chi connectivity index (χ0v) is 7.12. The molecule has 1 atom stereocenters. The van der Waals surface area contributed by atoms with E-state index in [1.54, 1.807) is 0 Å². The molecule has 1 unspecified atom stereocenters. The van der Waals surface area contributed by atoms with Gasteiger partial charge in [-0.05, 0) is 6.42 Å². The Hall–Kier alpha value is -0.0100. The zero-order chi connectivity index (χ0) is 9.28. The Morgan fingerprint density at radius 1 is 1.45 bits per heavy atom. The molecule has 11 heavy (non-hydrogen) atoms. The molecule has 0 spiro atoms. The van der Waals surface area contributed by atoms with Gasteiger partial charge in [0.25, 0.3) is 11.4 Å². The molecule has 0 rings (SSSR count). The first-order valence-electron chi connectivity index (χ1n) is 3.13. The van der Waals surface area contributed by atoms with Crippen molar-refractivity contribution in [2.45, 2.75) is 25.9 Å². The molecular weight excluding hydrogens is 172 g/mol. The largest absolute Gasteiger partial charge is 0.394 e. The van der Waals surface area contributed by atoms with Gasteiger partial charge in [-0.15, -0.1) is 0 Å². The van der Waals surface area contributed by atoms with Crippen molar-refractivity contribution >= 4 is 11.4 Å². The Labute approximate surface area is 68.2 Å². The molecule has 6 heteroatoms. The lowest BCUT2D eigenvalue weighted by Crippen LogP contribution is -2.10. The molecule has 5 nitrogen and oxygen atoms in total. The van der Waals surface area contributed by atoms with Gasteiger partial charge in [0.15, 0.2) is 0 Å². The van der Waals surface area contributed by atoms with Crippen LogP contribution in [0, 0.1) is 0 Å². The maximum Gasteiger partial charge on any atom is 0.299 e. The SMILES string of the molecule is CCCC(O)CO.O=S(O)O. The van der Waals surface area contributed by atoms with Crippen molar-refractivity contribution in [3.05, 3.63) is 0 Å². The van der Waals surface area contributed by atoms with Crippen molar-refractivity contribution in [2.75, 3.05) is 6.61 Å². The van der Waals surface area contributed by atoms with E-state index in [2.05, 4.69) is 0 Å². The maximum absolute atomic E-state index is 8.67. The summed E-state index contributed by atoms with van der Waals surface area (Å²) in [6.45, 7) is 1.87. The Balaban J connectivity index is 0. The van der Waals surface area contributed by atoms with Gasteiger partial charge in [0.2, 0.25) is 0 Å². The lowest BCUT2D eigenvalue weighted by molar-refractivity contribution is 0.0877. The summed E-state index contributed by atoms with van der Waals surface area (Å²) >= 11 is -2.61. The standard InChI is InChI=1S/C5H12O2.H2O3S/c1-2-3-5(7)4-6;1-4(2)3/h5-7H,2-4H2,1H3;(H2,1,2,3). The fourth-order valence-electron chi connectivity index (χ4n) is 0.425. The minimum atomic E-state index is -2.61. The van der Waals surface area contributed by atoms with Crippen LogP contribution in [0.15, 0.2) is 0 Å².